The number of rotatable bonds is 1. The van der Waals surface area contributed by atoms with Crippen molar-refractivity contribution < 1.29 is 0 Å². The molecule has 110 valence electrons. The van der Waals surface area contributed by atoms with E-state index in [2.05, 4.69) is 93.1 Å². The van der Waals surface area contributed by atoms with Gasteiger partial charge >= 0.3 is 0 Å². The molecular formula is C19H24N2. The molecular weight excluding hydrogens is 256 g/mol. The third-order valence-electron chi connectivity index (χ3n) is 4.43. The van der Waals surface area contributed by atoms with Crippen LogP contribution in [0.3, 0.4) is 0 Å². The normalized spacial score (nSPS) is 18.0. The molecule has 0 aliphatic carbocycles. The van der Waals surface area contributed by atoms with Gasteiger partial charge in [-0.15, -0.1) is 0 Å². The van der Waals surface area contributed by atoms with Crippen molar-refractivity contribution >= 4 is 17.1 Å². The van der Waals surface area contributed by atoms with Crippen LogP contribution in [-0.2, 0) is 5.41 Å². The number of hydrogen-bond acceptors (Lipinski definition) is 2. The summed E-state index contributed by atoms with van der Waals surface area (Å²) in [6.45, 7) is 9.10. The first kappa shape index (κ1) is 14.0. The van der Waals surface area contributed by atoms with Gasteiger partial charge in [0.2, 0.25) is 0 Å². The molecule has 0 saturated heterocycles. The molecule has 0 aromatic heterocycles. The maximum atomic E-state index is 2.45. The molecule has 0 fully saturated rings. The summed E-state index contributed by atoms with van der Waals surface area (Å²) in [4.78, 5) is 4.80. The summed E-state index contributed by atoms with van der Waals surface area (Å²) < 4.78 is 0. The van der Waals surface area contributed by atoms with E-state index in [1.165, 1.54) is 22.6 Å². The Balaban J connectivity index is 2.18. The average Bonchev–Trinajstić information content (AvgIpc) is 2.71. The van der Waals surface area contributed by atoms with Crippen LogP contribution < -0.4 is 9.80 Å². The Kier molecular flexibility index (Phi) is 3.20. The molecule has 3 rings (SSSR count). The van der Waals surface area contributed by atoms with E-state index in [1.54, 1.807) is 0 Å². The number of nitrogens with zero attached hydrogens (tertiary/aromatic N) is 2. The molecule has 0 spiro atoms. The molecule has 0 radical (unpaired) electrons. The molecule has 0 saturated carbocycles. The Hall–Kier alpha value is -1.96. The van der Waals surface area contributed by atoms with Gasteiger partial charge in [0.1, 0.15) is 6.17 Å². The lowest BCUT2D eigenvalue weighted by Crippen LogP contribution is -2.36. The molecule has 0 N–H and O–H groups in total. The first-order valence-electron chi connectivity index (χ1n) is 7.62. The van der Waals surface area contributed by atoms with Crippen LogP contribution in [0.25, 0.3) is 0 Å². The Morgan fingerprint density at radius 3 is 1.95 bits per heavy atom. The molecule has 0 amide bonds. The summed E-state index contributed by atoms with van der Waals surface area (Å²) in [5, 5.41) is 0. The smallest absolute Gasteiger partial charge is 0.103 e. The van der Waals surface area contributed by atoms with E-state index in [-0.39, 0.29) is 5.41 Å². The van der Waals surface area contributed by atoms with E-state index in [4.69, 9.17) is 0 Å². The van der Waals surface area contributed by atoms with Gasteiger partial charge < -0.3 is 9.80 Å². The van der Waals surface area contributed by atoms with E-state index < -0.39 is 0 Å². The standard InChI is InChI=1S/C19H24N2/c1-14-20(5)17-12-8-9-13-18(17)21(14)16-11-7-6-10-15(16)19(2,3)4/h6-14H,1-5H3. The lowest BCUT2D eigenvalue weighted by Gasteiger charge is -2.33. The fourth-order valence-corrected chi connectivity index (χ4v) is 3.19. The second kappa shape index (κ2) is 4.80. The second-order valence-corrected chi connectivity index (χ2v) is 6.87. The van der Waals surface area contributed by atoms with Gasteiger partial charge in [-0.2, -0.15) is 0 Å². The summed E-state index contributed by atoms with van der Waals surface area (Å²) in [6, 6.07) is 17.4. The molecule has 0 bridgehead atoms. The minimum Gasteiger partial charge on any atom is -0.353 e. The minimum atomic E-state index is 0.131. The Morgan fingerprint density at radius 2 is 1.33 bits per heavy atom. The van der Waals surface area contributed by atoms with Crippen LogP contribution in [0.4, 0.5) is 17.1 Å². The van der Waals surface area contributed by atoms with Crippen LogP contribution in [0.5, 0.6) is 0 Å². The quantitative estimate of drug-likeness (QED) is 0.731. The van der Waals surface area contributed by atoms with E-state index >= 15 is 0 Å². The van der Waals surface area contributed by atoms with Gasteiger partial charge in [0.05, 0.1) is 11.4 Å². The lowest BCUT2D eigenvalue weighted by atomic mass is 9.85. The third-order valence-corrected chi connectivity index (χ3v) is 4.43. The van der Waals surface area contributed by atoms with Crippen molar-refractivity contribution in [3.05, 3.63) is 54.1 Å². The largest absolute Gasteiger partial charge is 0.353 e. The van der Waals surface area contributed by atoms with Crippen molar-refractivity contribution in [1.82, 2.24) is 0 Å². The van der Waals surface area contributed by atoms with E-state index in [0.717, 1.165) is 0 Å². The van der Waals surface area contributed by atoms with Gasteiger partial charge in [-0.3, -0.25) is 0 Å². The number of hydrogen-bond donors (Lipinski definition) is 0. The molecule has 1 heterocycles. The van der Waals surface area contributed by atoms with Crippen LogP contribution in [0.15, 0.2) is 48.5 Å². The fraction of sp³-hybridized carbons (Fsp3) is 0.368. The van der Waals surface area contributed by atoms with Crippen molar-refractivity contribution in [3.63, 3.8) is 0 Å². The van der Waals surface area contributed by atoms with Crippen molar-refractivity contribution in [2.45, 2.75) is 39.3 Å². The van der Waals surface area contributed by atoms with Crippen molar-refractivity contribution in [3.8, 4) is 0 Å². The molecule has 1 aliphatic rings. The zero-order chi connectivity index (χ0) is 15.2. The van der Waals surface area contributed by atoms with Gasteiger partial charge in [-0.25, -0.2) is 0 Å². The Morgan fingerprint density at radius 1 is 0.810 bits per heavy atom. The Bertz CT molecular complexity index is 655. The highest BCUT2D eigenvalue weighted by atomic mass is 15.4. The number of fused-ring (bicyclic) bond motifs is 1. The molecule has 2 aromatic carbocycles. The van der Waals surface area contributed by atoms with E-state index in [9.17, 15) is 0 Å². The van der Waals surface area contributed by atoms with Crippen LogP contribution in [0, 0.1) is 0 Å². The number of anilines is 3. The first-order valence-corrected chi connectivity index (χ1v) is 7.62. The van der Waals surface area contributed by atoms with Crippen molar-refractivity contribution in [2.75, 3.05) is 16.8 Å². The predicted octanol–water partition coefficient (Wildman–Crippen LogP) is 4.92. The average molecular weight is 280 g/mol. The highest BCUT2D eigenvalue weighted by Crippen LogP contribution is 2.45. The number of benzene rings is 2. The van der Waals surface area contributed by atoms with Crippen LogP contribution in [0.1, 0.15) is 33.3 Å². The summed E-state index contributed by atoms with van der Waals surface area (Å²) in [5.74, 6) is 0. The summed E-state index contributed by atoms with van der Waals surface area (Å²) in [6.07, 6.45) is 0.325. The van der Waals surface area contributed by atoms with Gasteiger partial charge in [0.25, 0.3) is 0 Å². The highest BCUT2D eigenvalue weighted by Gasteiger charge is 2.33. The molecule has 2 aromatic rings. The van der Waals surface area contributed by atoms with Gasteiger partial charge in [0, 0.05) is 12.7 Å². The SMILES string of the molecule is CC1N(C)c2ccccc2N1c1ccccc1C(C)(C)C. The second-order valence-electron chi connectivity index (χ2n) is 6.87. The first-order chi connectivity index (χ1) is 9.91. The molecule has 2 heteroatoms. The third kappa shape index (κ3) is 2.19. The topological polar surface area (TPSA) is 6.48 Å². The molecule has 2 nitrogen and oxygen atoms in total. The fourth-order valence-electron chi connectivity index (χ4n) is 3.19. The molecule has 1 aliphatic heterocycles. The van der Waals surface area contributed by atoms with Crippen LogP contribution >= 0.6 is 0 Å². The van der Waals surface area contributed by atoms with Crippen LogP contribution in [0.2, 0.25) is 0 Å². The van der Waals surface area contributed by atoms with E-state index in [0.29, 0.717) is 6.17 Å². The monoisotopic (exact) mass is 280 g/mol. The lowest BCUT2D eigenvalue weighted by molar-refractivity contribution is 0.586. The van der Waals surface area contributed by atoms with Gasteiger partial charge in [-0.05, 0) is 36.1 Å². The Labute approximate surface area is 128 Å². The molecule has 21 heavy (non-hydrogen) atoms. The summed E-state index contributed by atoms with van der Waals surface area (Å²) >= 11 is 0. The maximum absolute atomic E-state index is 2.45. The van der Waals surface area contributed by atoms with Gasteiger partial charge in [-0.1, -0.05) is 51.1 Å². The zero-order valence-corrected chi connectivity index (χ0v) is 13.6. The molecule has 1 unspecified atom stereocenters. The van der Waals surface area contributed by atoms with Crippen molar-refractivity contribution in [1.29, 1.82) is 0 Å². The van der Waals surface area contributed by atoms with Gasteiger partial charge in [0.15, 0.2) is 0 Å². The molecule has 1 atom stereocenters. The zero-order valence-electron chi connectivity index (χ0n) is 13.6. The van der Waals surface area contributed by atoms with Crippen molar-refractivity contribution in [2.24, 2.45) is 0 Å². The summed E-state index contributed by atoms with van der Waals surface area (Å²) in [7, 11) is 2.17. The number of para-hydroxylation sites is 3. The maximum Gasteiger partial charge on any atom is 0.103 e. The predicted molar refractivity (Wildman–Crippen MR) is 91.6 cm³/mol. The van der Waals surface area contributed by atoms with E-state index in [1.807, 2.05) is 0 Å². The highest BCUT2D eigenvalue weighted by molar-refractivity contribution is 5.84. The summed E-state index contributed by atoms with van der Waals surface area (Å²) in [5.41, 5.74) is 5.43. The minimum absolute atomic E-state index is 0.131. The van der Waals surface area contributed by atoms with Crippen LogP contribution in [-0.4, -0.2) is 13.2 Å².